The second kappa shape index (κ2) is 7.54. The number of thiophene rings is 1. The van der Waals surface area contributed by atoms with Crippen LogP contribution in [0, 0.1) is 13.8 Å². The molecule has 2 aromatic rings. The minimum Gasteiger partial charge on any atom is -0.355 e. The van der Waals surface area contributed by atoms with E-state index < -0.39 is 0 Å². The van der Waals surface area contributed by atoms with Crippen molar-refractivity contribution in [2.24, 2.45) is 0 Å². The highest BCUT2D eigenvalue weighted by atomic mass is 32.1. The normalized spacial score (nSPS) is 18.3. The molecule has 1 amide bonds. The lowest BCUT2D eigenvalue weighted by Crippen LogP contribution is -2.47. The minimum absolute atomic E-state index is 0.0422. The van der Waals surface area contributed by atoms with Crippen LogP contribution in [0.3, 0.4) is 0 Å². The molecule has 0 spiro atoms. The van der Waals surface area contributed by atoms with Gasteiger partial charge in [-0.1, -0.05) is 6.07 Å². The molecule has 0 bridgehead atoms. The molecule has 0 aromatic carbocycles. The summed E-state index contributed by atoms with van der Waals surface area (Å²) in [6.07, 6.45) is 2.08. The molecule has 1 unspecified atom stereocenters. The summed E-state index contributed by atoms with van der Waals surface area (Å²) in [4.78, 5) is 31.2. The smallest absolute Gasteiger partial charge is 0.253 e. The molecule has 1 aliphatic heterocycles. The van der Waals surface area contributed by atoms with Gasteiger partial charge in [-0.3, -0.25) is 14.5 Å². The summed E-state index contributed by atoms with van der Waals surface area (Å²) < 4.78 is 0. The van der Waals surface area contributed by atoms with E-state index in [4.69, 9.17) is 0 Å². The van der Waals surface area contributed by atoms with E-state index in [0.29, 0.717) is 11.3 Å². The third kappa shape index (κ3) is 4.02. The number of nitrogens with zero attached hydrogens (tertiary/aromatic N) is 1. The minimum atomic E-state index is -0.0817. The lowest BCUT2D eigenvalue weighted by atomic mass is 10.0. The molecule has 2 N–H and O–H groups in total. The van der Waals surface area contributed by atoms with Crippen LogP contribution >= 0.6 is 11.3 Å². The molecule has 1 aliphatic rings. The van der Waals surface area contributed by atoms with Crippen molar-refractivity contribution < 1.29 is 9.59 Å². The van der Waals surface area contributed by atoms with Crippen molar-refractivity contribution in [3.8, 4) is 0 Å². The Hall–Kier alpha value is -1.92. The van der Waals surface area contributed by atoms with E-state index in [9.17, 15) is 9.59 Å². The summed E-state index contributed by atoms with van der Waals surface area (Å²) in [6.45, 7) is 8.08. The van der Waals surface area contributed by atoms with Crippen molar-refractivity contribution in [3.63, 3.8) is 0 Å². The number of aryl methyl sites for hydroxylation is 1. The molecular formula is C19H25N3O2S. The van der Waals surface area contributed by atoms with Crippen LogP contribution in [0.2, 0.25) is 0 Å². The molecule has 25 heavy (non-hydrogen) atoms. The van der Waals surface area contributed by atoms with E-state index in [2.05, 4.69) is 32.7 Å². The van der Waals surface area contributed by atoms with Crippen LogP contribution in [0.1, 0.15) is 56.7 Å². The summed E-state index contributed by atoms with van der Waals surface area (Å²) in [5.41, 5.74) is 2.64. The maximum atomic E-state index is 12.8. The van der Waals surface area contributed by atoms with Gasteiger partial charge in [0.05, 0.1) is 11.3 Å². The Balaban J connectivity index is 1.65. The number of aromatic amines is 1. The average molecular weight is 359 g/mol. The molecule has 0 radical (unpaired) electrons. The summed E-state index contributed by atoms with van der Waals surface area (Å²) in [5, 5.41) is 5.27. The number of amides is 1. The summed E-state index contributed by atoms with van der Waals surface area (Å²) in [5.74, 6) is -0.124. The van der Waals surface area contributed by atoms with Gasteiger partial charge in [0.1, 0.15) is 0 Å². The Kier molecular flexibility index (Phi) is 5.39. The maximum absolute atomic E-state index is 12.8. The van der Waals surface area contributed by atoms with E-state index >= 15 is 0 Å². The van der Waals surface area contributed by atoms with E-state index in [0.717, 1.165) is 43.7 Å². The van der Waals surface area contributed by atoms with E-state index in [1.54, 1.807) is 11.3 Å². The zero-order valence-corrected chi connectivity index (χ0v) is 15.8. The van der Waals surface area contributed by atoms with Crippen LogP contribution in [-0.4, -0.2) is 40.7 Å². The second-order valence-electron chi connectivity index (χ2n) is 6.81. The van der Waals surface area contributed by atoms with Crippen molar-refractivity contribution >= 4 is 23.0 Å². The first-order chi connectivity index (χ1) is 12.0. The molecule has 1 fully saturated rings. The highest BCUT2D eigenvalue weighted by molar-refractivity contribution is 7.09. The molecular weight excluding hydrogens is 334 g/mol. The number of H-pyrrole nitrogens is 1. The molecule has 1 saturated heterocycles. The van der Waals surface area contributed by atoms with Gasteiger partial charge in [-0.2, -0.15) is 0 Å². The van der Waals surface area contributed by atoms with Gasteiger partial charge in [-0.25, -0.2) is 0 Å². The summed E-state index contributed by atoms with van der Waals surface area (Å²) in [6, 6.07) is 4.38. The van der Waals surface area contributed by atoms with E-state index in [1.165, 1.54) is 11.8 Å². The van der Waals surface area contributed by atoms with Crippen molar-refractivity contribution in [3.05, 3.63) is 44.9 Å². The number of ketones is 1. The standard InChI is InChI=1S/C19H25N3O2S/c1-12-17(13(2)20-18(12)14(3)23)19(24)21-15-6-4-8-22(10-15)11-16-7-5-9-25-16/h5,7,9,15,20H,4,6,8,10-11H2,1-3H3,(H,21,24). The number of nitrogens with one attached hydrogen (secondary N) is 2. The molecule has 0 aliphatic carbocycles. The Morgan fingerprint density at radius 2 is 2.20 bits per heavy atom. The van der Waals surface area contributed by atoms with Crippen LogP contribution in [0.25, 0.3) is 0 Å². The average Bonchev–Trinajstić information content (AvgIpc) is 3.15. The van der Waals surface area contributed by atoms with Gasteiger partial charge < -0.3 is 10.3 Å². The van der Waals surface area contributed by atoms with E-state index in [1.807, 2.05) is 13.8 Å². The van der Waals surface area contributed by atoms with Crippen molar-refractivity contribution in [1.29, 1.82) is 0 Å². The van der Waals surface area contributed by atoms with Crippen LogP contribution in [-0.2, 0) is 6.54 Å². The van der Waals surface area contributed by atoms with Crippen molar-refractivity contribution in [2.75, 3.05) is 13.1 Å². The maximum Gasteiger partial charge on any atom is 0.253 e. The SMILES string of the molecule is CC(=O)c1[nH]c(C)c(C(=O)NC2CCCN(Cc3cccs3)C2)c1C. The van der Waals surface area contributed by atoms with E-state index in [-0.39, 0.29) is 17.7 Å². The quantitative estimate of drug-likeness (QED) is 0.805. The van der Waals surface area contributed by atoms with Gasteiger partial charge in [0.25, 0.3) is 5.91 Å². The highest BCUT2D eigenvalue weighted by Gasteiger charge is 2.25. The molecule has 5 nitrogen and oxygen atoms in total. The lowest BCUT2D eigenvalue weighted by molar-refractivity contribution is 0.0900. The molecule has 3 rings (SSSR count). The zero-order chi connectivity index (χ0) is 18.0. The van der Waals surface area contributed by atoms with Crippen LogP contribution in [0.15, 0.2) is 17.5 Å². The highest BCUT2D eigenvalue weighted by Crippen LogP contribution is 2.20. The molecule has 2 aromatic heterocycles. The van der Waals surface area contributed by atoms with Gasteiger partial charge in [0.15, 0.2) is 5.78 Å². The number of carbonyl (C=O) groups is 2. The molecule has 3 heterocycles. The second-order valence-corrected chi connectivity index (χ2v) is 7.84. The fraction of sp³-hybridized carbons (Fsp3) is 0.474. The third-order valence-electron chi connectivity index (χ3n) is 4.82. The Morgan fingerprint density at radius 1 is 1.40 bits per heavy atom. The Morgan fingerprint density at radius 3 is 2.84 bits per heavy atom. The first-order valence-corrected chi connectivity index (χ1v) is 9.59. The fourth-order valence-corrected chi connectivity index (χ4v) is 4.39. The number of piperidine rings is 1. The van der Waals surface area contributed by atoms with Crippen LogP contribution in [0.4, 0.5) is 0 Å². The predicted octanol–water partition coefficient (Wildman–Crippen LogP) is 3.29. The van der Waals surface area contributed by atoms with Gasteiger partial charge in [0, 0.05) is 36.6 Å². The molecule has 1 atom stereocenters. The number of hydrogen-bond donors (Lipinski definition) is 2. The molecule has 0 saturated carbocycles. The summed E-state index contributed by atoms with van der Waals surface area (Å²) in [7, 11) is 0. The fourth-order valence-electron chi connectivity index (χ4n) is 3.64. The first-order valence-electron chi connectivity index (χ1n) is 8.71. The first kappa shape index (κ1) is 17.9. The van der Waals surface area contributed by atoms with Crippen molar-refractivity contribution in [1.82, 2.24) is 15.2 Å². The van der Waals surface area contributed by atoms with Crippen molar-refractivity contribution in [2.45, 2.75) is 46.2 Å². The number of Topliss-reactive ketones (excluding diaryl/α,β-unsaturated/α-hetero) is 1. The topological polar surface area (TPSA) is 65.2 Å². The number of rotatable bonds is 5. The van der Waals surface area contributed by atoms with Gasteiger partial charge in [-0.15, -0.1) is 11.3 Å². The molecule has 134 valence electrons. The predicted molar refractivity (Wildman–Crippen MR) is 100 cm³/mol. The number of carbonyl (C=O) groups excluding carboxylic acids is 2. The number of aromatic nitrogens is 1. The third-order valence-corrected chi connectivity index (χ3v) is 5.68. The number of hydrogen-bond acceptors (Lipinski definition) is 4. The van der Waals surface area contributed by atoms with Crippen LogP contribution < -0.4 is 5.32 Å². The monoisotopic (exact) mass is 359 g/mol. The Labute approximate surface area is 152 Å². The Bertz CT molecular complexity index is 764. The lowest BCUT2D eigenvalue weighted by Gasteiger charge is -2.32. The largest absolute Gasteiger partial charge is 0.355 e. The van der Waals surface area contributed by atoms with Crippen LogP contribution in [0.5, 0.6) is 0 Å². The number of likely N-dealkylation sites (tertiary alicyclic amines) is 1. The molecule has 6 heteroatoms. The van der Waals surface area contributed by atoms with Gasteiger partial charge in [0.2, 0.25) is 0 Å². The van der Waals surface area contributed by atoms with Gasteiger partial charge in [-0.05, 0) is 50.2 Å². The zero-order valence-electron chi connectivity index (χ0n) is 15.0. The van der Waals surface area contributed by atoms with Gasteiger partial charge >= 0.3 is 0 Å². The summed E-state index contributed by atoms with van der Waals surface area (Å²) >= 11 is 1.77.